The largest absolute Gasteiger partial charge is 0.374 e. The zero-order valence-corrected chi connectivity index (χ0v) is 13.4. The molecule has 3 nitrogen and oxygen atoms in total. The average molecular weight is 270 g/mol. The van der Waals surface area contributed by atoms with Gasteiger partial charge in [-0.3, -0.25) is 11.3 Å². The Bertz CT molecular complexity index is 239. The van der Waals surface area contributed by atoms with Gasteiger partial charge in [-0.05, 0) is 38.0 Å². The van der Waals surface area contributed by atoms with E-state index in [0.717, 1.165) is 37.7 Å². The third kappa shape index (κ3) is 4.44. The summed E-state index contributed by atoms with van der Waals surface area (Å²) in [5.74, 6) is 7.39. The van der Waals surface area contributed by atoms with Crippen molar-refractivity contribution >= 4 is 0 Å². The Kier molecular flexibility index (Phi) is 7.33. The lowest BCUT2D eigenvalue weighted by Gasteiger charge is -2.46. The molecule has 1 fully saturated rings. The number of hydrogen-bond acceptors (Lipinski definition) is 3. The Hall–Kier alpha value is -0.120. The highest BCUT2D eigenvalue weighted by atomic mass is 16.5. The minimum atomic E-state index is -0.0379. The molecule has 1 saturated carbocycles. The van der Waals surface area contributed by atoms with Crippen LogP contribution in [0.15, 0.2) is 0 Å². The van der Waals surface area contributed by atoms with Crippen LogP contribution in [0.3, 0.4) is 0 Å². The second kappa shape index (κ2) is 8.23. The molecule has 0 aromatic heterocycles. The van der Waals surface area contributed by atoms with E-state index in [1.165, 1.54) is 25.7 Å². The third-order valence-electron chi connectivity index (χ3n) is 4.98. The second-order valence-corrected chi connectivity index (χ2v) is 6.34. The molecule has 0 heterocycles. The van der Waals surface area contributed by atoms with E-state index < -0.39 is 0 Å². The van der Waals surface area contributed by atoms with Gasteiger partial charge >= 0.3 is 0 Å². The molecule has 0 radical (unpaired) electrons. The molecular formula is C16H34N2O. The summed E-state index contributed by atoms with van der Waals surface area (Å²) in [5.41, 5.74) is 3.05. The summed E-state index contributed by atoms with van der Waals surface area (Å²) in [5, 5.41) is 0. The van der Waals surface area contributed by atoms with E-state index in [1.807, 2.05) is 0 Å². The fourth-order valence-electron chi connectivity index (χ4n) is 3.77. The van der Waals surface area contributed by atoms with Crippen molar-refractivity contribution in [2.24, 2.45) is 17.7 Å². The summed E-state index contributed by atoms with van der Waals surface area (Å²) >= 11 is 0. The van der Waals surface area contributed by atoms with Gasteiger partial charge in [0.2, 0.25) is 0 Å². The van der Waals surface area contributed by atoms with Gasteiger partial charge in [0.05, 0.1) is 11.6 Å². The van der Waals surface area contributed by atoms with E-state index in [1.54, 1.807) is 0 Å². The molecule has 3 N–H and O–H groups in total. The SMILES string of the molecule is CCOC1(C(CC(CC)CC)NN)CCCC(C)C1. The highest BCUT2D eigenvalue weighted by Gasteiger charge is 2.42. The summed E-state index contributed by atoms with van der Waals surface area (Å²) in [6, 6.07) is 0.292. The molecule has 0 aliphatic heterocycles. The first kappa shape index (κ1) is 16.9. The number of nitrogens with one attached hydrogen (secondary N) is 1. The second-order valence-electron chi connectivity index (χ2n) is 6.34. The van der Waals surface area contributed by atoms with Crippen molar-refractivity contribution < 1.29 is 4.74 Å². The molecule has 0 aromatic carbocycles. The van der Waals surface area contributed by atoms with Gasteiger partial charge in [0.25, 0.3) is 0 Å². The van der Waals surface area contributed by atoms with Crippen molar-refractivity contribution in [3.8, 4) is 0 Å². The van der Waals surface area contributed by atoms with Crippen LogP contribution in [0, 0.1) is 11.8 Å². The van der Waals surface area contributed by atoms with Gasteiger partial charge in [0.15, 0.2) is 0 Å². The van der Waals surface area contributed by atoms with Crippen LogP contribution in [0.1, 0.15) is 72.6 Å². The highest BCUT2D eigenvalue weighted by Crippen LogP contribution is 2.39. The summed E-state index contributed by atoms with van der Waals surface area (Å²) in [4.78, 5) is 0. The van der Waals surface area contributed by atoms with Gasteiger partial charge in [-0.15, -0.1) is 0 Å². The summed E-state index contributed by atoms with van der Waals surface area (Å²) in [6.45, 7) is 9.79. The Morgan fingerprint density at radius 1 is 1.32 bits per heavy atom. The molecule has 1 aliphatic carbocycles. The van der Waals surface area contributed by atoms with Crippen molar-refractivity contribution in [2.45, 2.75) is 84.3 Å². The number of ether oxygens (including phenoxy) is 1. The molecule has 3 atom stereocenters. The lowest BCUT2D eigenvalue weighted by molar-refractivity contribution is -0.105. The first-order valence-corrected chi connectivity index (χ1v) is 8.21. The highest BCUT2D eigenvalue weighted by molar-refractivity contribution is 4.97. The van der Waals surface area contributed by atoms with Crippen molar-refractivity contribution in [3.05, 3.63) is 0 Å². The van der Waals surface area contributed by atoms with Crippen molar-refractivity contribution in [1.29, 1.82) is 0 Å². The maximum Gasteiger partial charge on any atom is 0.0850 e. The minimum absolute atomic E-state index is 0.0379. The zero-order chi connectivity index (χ0) is 14.3. The average Bonchev–Trinajstić information content (AvgIpc) is 2.40. The van der Waals surface area contributed by atoms with Gasteiger partial charge in [0.1, 0.15) is 0 Å². The van der Waals surface area contributed by atoms with E-state index >= 15 is 0 Å². The number of rotatable bonds is 8. The van der Waals surface area contributed by atoms with Crippen LogP contribution < -0.4 is 11.3 Å². The molecule has 114 valence electrons. The number of hydrogen-bond donors (Lipinski definition) is 2. The molecule has 19 heavy (non-hydrogen) atoms. The number of hydrazine groups is 1. The third-order valence-corrected chi connectivity index (χ3v) is 4.98. The van der Waals surface area contributed by atoms with E-state index in [-0.39, 0.29) is 5.60 Å². The minimum Gasteiger partial charge on any atom is -0.374 e. The molecule has 1 rings (SSSR count). The van der Waals surface area contributed by atoms with Crippen LogP contribution in [0.25, 0.3) is 0 Å². The van der Waals surface area contributed by atoms with Gasteiger partial charge in [0, 0.05) is 6.61 Å². The molecule has 1 aliphatic rings. The van der Waals surface area contributed by atoms with E-state index in [0.29, 0.717) is 6.04 Å². The standard InChI is InChI=1S/C16H34N2O/c1-5-14(6-2)11-15(18-17)16(19-7-3)10-8-9-13(4)12-16/h13-15,18H,5-12,17H2,1-4H3. The lowest BCUT2D eigenvalue weighted by atomic mass is 9.72. The molecule has 3 heteroatoms. The molecule has 0 spiro atoms. The van der Waals surface area contributed by atoms with Crippen LogP contribution in [-0.4, -0.2) is 18.2 Å². The van der Waals surface area contributed by atoms with E-state index in [4.69, 9.17) is 10.6 Å². The van der Waals surface area contributed by atoms with Gasteiger partial charge in [-0.2, -0.15) is 0 Å². The maximum absolute atomic E-state index is 6.24. The monoisotopic (exact) mass is 270 g/mol. The van der Waals surface area contributed by atoms with Gasteiger partial charge in [-0.1, -0.05) is 46.5 Å². The number of nitrogens with two attached hydrogens (primary N) is 1. The van der Waals surface area contributed by atoms with E-state index in [9.17, 15) is 0 Å². The Labute approximate surface area is 119 Å². The van der Waals surface area contributed by atoms with E-state index in [2.05, 4.69) is 33.1 Å². The molecule has 0 saturated heterocycles. The predicted molar refractivity (Wildman–Crippen MR) is 81.8 cm³/mol. The molecule has 0 amide bonds. The van der Waals surface area contributed by atoms with Crippen molar-refractivity contribution in [3.63, 3.8) is 0 Å². The molecule has 0 aromatic rings. The first-order valence-electron chi connectivity index (χ1n) is 8.21. The van der Waals surface area contributed by atoms with Crippen LogP contribution >= 0.6 is 0 Å². The van der Waals surface area contributed by atoms with Gasteiger partial charge < -0.3 is 4.74 Å². The molecule has 0 bridgehead atoms. The summed E-state index contributed by atoms with van der Waals surface area (Å²) < 4.78 is 6.24. The Morgan fingerprint density at radius 3 is 2.47 bits per heavy atom. The maximum atomic E-state index is 6.24. The fourth-order valence-corrected chi connectivity index (χ4v) is 3.77. The van der Waals surface area contributed by atoms with Crippen LogP contribution in [0.2, 0.25) is 0 Å². The quantitative estimate of drug-likeness (QED) is 0.523. The summed E-state index contributed by atoms with van der Waals surface area (Å²) in [6.07, 6.45) is 8.49. The van der Waals surface area contributed by atoms with Gasteiger partial charge in [-0.25, -0.2) is 0 Å². The van der Waals surface area contributed by atoms with Crippen molar-refractivity contribution in [1.82, 2.24) is 5.43 Å². The first-order chi connectivity index (χ1) is 9.11. The topological polar surface area (TPSA) is 47.3 Å². The molecule has 3 unspecified atom stereocenters. The normalized spacial score (nSPS) is 29.7. The van der Waals surface area contributed by atoms with Crippen molar-refractivity contribution in [2.75, 3.05) is 6.61 Å². The van der Waals surface area contributed by atoms with Crippen LogP contribution in [0.5, 0.6) is 0 Å². The fraction of sp³-hybridized carbons (Fsp3) is 1.00. The summed E-state index contributed by atoms with van der Waals surface area (Å²) in [7, 11) is 0. The predicted octanol–water partition coefficient (Wildman–Crippen LogP) is 3.63. The van der Waals surface area contributed by atoms with Crippen LogP contribution in [-0.2, 0) is 4.74 Å². The zero-order valence-electron chi connectivity index (χ0n) is 13.4. The van der Waals surface area contributed by atoms with Crippen LogP contribution in [0.4, 0.5) is 0 Å². The lowest BCUT2D eigenvalue weighted by Crippen LogP contribution is -2.57. The Morgan fingerprint density at radius 2 is 2.00 bits per heavy atom. The smallest absolute Gasteiger partial charge is 0.0850 e. The molecular weight excluding hydrogens is 236 g/mol. The Balaban J connectivity index is 2.80.